The van der Waals surface area contributed by atoms with Gasteiger partial charge in [0.25, 0.3) is 0 Å². The van der Waals surface area contributed by atoms with Gasteiger partial charge in [-0.2, -0.15) is 5.26 Å². The summed E-state index contributed by atoms with van der Waals surface area (Å²) in [6.07, 6.45) is 1.62. The van der Waals surface area contributed by atoms with Crippen molar-refractivity contribution in [2.75, 3.05) is 19.0 Å². The number of hydrogen-bond donors (Lipinski definition) is 0. The van der Waals surface area contributed by atoms with Crippen LogP contribution in [0.5, 0.6) is 0 Å². The van der Waals surface area contributed by atoms with E-state index in [9.17, 15) is 0 Å². The molecule has 0 N–H and O–H groups in total. The highest BCUT2D eigenvalue weighted by atomic mass is 15.1. The van der Waals surface area contributed by atoms with Gasteiger partial charge in [-0.15, -0.1) is 0 Å². The molecule has 15 heavy (non-hydrogen) atoms. The molecule has 3 heteroatoms. The van der Waals surface area contributed by atoms with Gasteiger partial charge in [-0.25, -0.2) is 0 Å². The molecular formula is C12H11N3. The lowest BCUT2D eigenvalue weighted by Crippen LogP contribution is -2.11. The molecule has 0 atom stereocenters. The summed E-state index contributed by atoms with van der Waals surface area (Å²) in [5.74, 6) is 0. The zero-order valence-electron chi connectivity index (χ0n) is 8.73. The molecule has 1 aromatic heterocycles. The molecule has 0 aliphatic rings. The number of rotatable bonds is 1. The van der Waals surface area contributed by atoms with Crippen LogP contribution in [0.2, 0.25) is 0 Å². The van der Waals surface area contributed by atoms with Gasteiger partial charge in [0.2, 0.25) is 0 Å². The second-order valence-corrected chi connectivity index (χ2v) is 3.54. The summed E-state index contributed by atoms with van der Waals surface area (Å²) in [6, 6.07) is 10.00. The molecule has 0 unspecified atom stereocenters. The van der Waals surface area contributed by atoms with E-state index in [1.807, 2.05) is 43.3 Å². The molecule has 0 amide bonds. The Bertz CT molecular complexity index is 538. The Labute approximate surface area is 88.6 Å². The lowest BCUT2D eigenvalue weighted by atomic mass is 10.1. The number of aromatic nitrogens is 1. The molecule has 2 rings (SSSR count). The zero-order valence-corrected chi connectivity index (χ0v) is 8.73. The molecule has 0 spiro atoms. The number of nitriles is 1. The molecule has 0 saturated heterocycles. The Hall–Kier alpha value is -2.08. The minimum absolute atomic E-state index is 0.610. The van der Waals surface area contributed by atoms with Gasteiger partial charge in [-0.05, 0) is 6.07 Å². The lowest BCUT2D eigenvalue weighted by Gasteiger charge is -2.16. The van der Waals surface area contributed by atoms with E-state index in [1.165, 1.54) is 0 Å². The average Bonchev–Trinajstić information content (AvgIpc) is 2.27. The van der Waals surface area contributed by atoms with Gasteiger partial charge in [-0.1, -0.05) is 18.2 Å². The first-order chi connectivity index (χ1) is 7.24. The molecule has 0 aliphatic heterocycles. The number of nitrogens with zero attached hydrogens (tertiary/aromatic N) is 3. The minimum Gasteiger partial charge on any atom is -0.376 e. The minimum atomic E-state index is 0.610. The Kier molecular flexibility index (Phi) is 2.26. The fourth-order valence-electron chi connectivity index (χ4n) is 1.69. The number of benzene rings is 1. The summed E-state index contributed by atoms with van der Waals surface area (Å²) in [7, 11) is 3.87. The molecular weight excluding hydrogens is 186 g/mol. The van der Waals surface area contributed by atoms with Gasteiger partial charge in [0, 0.05) is 25.7 Å². The summed E-state index contributed by atoms with van der Waals surface area (Å²) < 4.78 is 0. The van der Waals surface area contributed by atoms with Crippen LogP contribution in [-0.4, -0.2) is 19.1 Å². The summed E-state index contributed by atoms with van der Waals surface area (Å²) >= 11 is 0. The highest BCUT2D eigenvalue weighted by molar-refractivity contribution is 5.94. The zero-order chi connectivity index (χ0) is 10.8. The number of pyridine rings is 1. The molecule has 1 heterocycles. The van der Waals surface area contributed by atoms with E-state index in [-0.39, 0.29) is 0 Å². The van der Waals surface area contributed by atoms with Crippen molar-refractivity contribution in [3.63, 3.8) is 0 Å². The van der Waals surface area contributed by atoms with Crippen molar-refractivity contribution >= 4 is 16.6 Å². The third-order valence-corrected chi connectivity index (χ3v) is 2.31. The van der Waals surface area contributed by atoms with Crippen LogP contribution in [0.15, 0.2) is 30.5 Å². The highest BCUT2D eigenvalue weighted by Crippen LogP contribution is 2.27. The fourth-order valence-corrected chi connectivity index (χ4v) is 1.69. The largest absolute Gasteiger partial charge is 0.376 e. The van der Waals surface area contributed by atoms with Crippen molar-refractivity contribution in [2.24, 2.45) is 0 Å². The van der Waals surface area contributed by atoms with E-state index in [1.54, 1.807) is 6.20 Å². The molecule has 0 aliphatic carbocycles. The Balaban J connectivity index is 2.86. The van der Waals surface area contributed by atoms with E-state index in [2.05, 4.69) is 11.1 Å². The Morgan fingerprint density at radius 2 is 2.00 bits per heavy atom. The van der Waals surface area contributed by atoms with Crippen molar-refractivity contribution in [1.29, 1.82) is 5.26 Å². The Morgan fingerprint density at radius 1 is 1.27 bits per heavy atom. The molecule has 3 nitrogen and oxygen atoms in total. The number of para-hydroxylation sites is 1. The van der Waals surface area contributed by atoms with Crippen LogP contribution in [-0.2, 0) is 0 Å². The van der Waals surface area contributed by atoms with Crippen molar-refractivity contribution in [2.45, 2.75) is 0 Å². The van der Waals surface area contributed by atoms with Gasteiger partial charge in [-0.3, -0.25) is 4.98 Å². The maximum Gasteiger partial charge on any atom is 0.103 e. The van der Waals surface area contributed by atoms with Crippen LogP contribution < -0.4 is 4.90 Å². The van der Waals surface area contributed by atoms with Crippen LogP contribution >= 0.6 is 0 Å². The van der Waals surface area contributed by atoms with Crippen molar-refractivity contribution < 1.29 is 0 Å². The smallest absolute Gasteiger partial charge is 0.103 e. The maximum absolute atomic E-state index is 9.01. The average molecular weight is 197 g/mol. The second kappa shape index (κ2) is 3.58. The second-order valence-electron chi connectivity index (χ2n) is 3.54. The first-order valence-electron chi connectivity index (χ1n) is 4.69. The van der Waals surface area contributed by atoms with Gasteiger partial charge in [0.05, 0.1) is 16.8 Å². The normalized spacial score (nSPS) is 9.93. The summed E-state index contributed by atoms with van der Waals surface area (Å²) in [5, 5.41) is 10.0. The Morgan fingerprint density at radius 3 is 2.67 bits per heavy atom. The predicted octanol–water partition coefficient (Wildman–Crippen LogP) is 2.17. The van der Waals surface area contributed by atoms with E-state index in [4.69, 9.17) is 5.26 Å². The van der Waals surface area contributed by atoms with Gasteiger partial charge in [0.1, 0.15) is 6.07 Å². The van der Waals surface area contributed by atoms with Crippen molar-refractivity contribution in [3.8, 4) is 6.07 Å². The fraction of sp³-hybridized carbons (Fsp3) is 0.167. The van der Waals surface area contributed by atoms with E-state index < -0.39 is 0 Å². The van der Waals surface area contributed by atoms with Crippen LogP contribution in [0.1, 0.15) is 5.56 Å². The molecule has 2 aromatic rings. The molecule has 0 radical (unpaired) electrons. The van der Waals surface area contributed by atoms with Crippen LogP contribution in [0.3, 0.4) is 0 Å². The van der Waals surface area contributed by atoms with Crippen molar-refractivity contribution in [3.05, 3.63) is 36.0 Å². The standard InChI is InChI=1S/C12H11N3/c1-15(2)12-9(7-13)8-14-11-6-4-3-5-10(11)12/h3-6,8H,1-2H3. The van der Waals surface area contributed by atoms with Crippen molar-refractivity contribution in [1.82, 2.24) is 4.98 Å². The van der Waals surface area contributed by atoms with Crippen LogP contribution in [0.4, 0.5) is 5.69 Å². The summed E-state index contributed by atoms with van der Waals surface area (Å²) in [6.45, 7) is 0. The first-order valence-corrected chi connectivity index (χ1v) is 4.69. The van der Waals surface area contributed by atoms with Gasteiger partial charge in [0.15, 0.2) is 0 Å². The number of anilines is 1. The van der Waals surface area contributed by atoms with E-state index >= 15 is 0 Å². The third-order valence-electron chi connectivity index (χ3n) is 2.31. The number of hydrogen-bond acceptors (Lipinski definition) is 3. The van der Waals surface area contributed by atoms with E-state index in [0.717, 1.165) is 16.6 Å². The maximum atomic E-state index is 9.01. The monoisotopic (exact) mass is 197 g/mol. The first kappa shape index (κ1) is 9.47. The lowest BCUT2D eigenvalue weighted by molar-refractivity contribution is 1.13. The van der Waals surface area contributed by atoms with Gasteiger partial charge < -0.3 is 4.90 Å². The molecule has 74 valence electrons. The third kappa shape index (κ3) is 1.50. The summed E-state index contributed by atoms with van der Waals surface area (Å²) in [5.41, 5.74) is 2.46. The highest BCUT2D eigenvalue weighted by Gasteiger charge is 2.09. The SMILES string of the molecule is CN(C)c1c(C#N)cnc2ccccc12. The van der Waals surface area contributed by atoms with Crippen LogP contribution in [0.25, 0.3) is 10.9 Å². The van der Waals surface area contributed by atoms with E-state index in [0.29, 0.717) is 5.56 Å². The number of fused-ring (bicyclic) bond motifs is 1. The van der Waals surface area contributed by atoms with Gasteiger partial charge >= 0.3 is 0 Å². The summed E-state index contributed by atoms with van der Waals surface area (Å²) in [4.78, 5) is 6.19. The molecule has 1 aromatic carbocycles. The molecule has 0 saturated carbocycles. The predicted molar refractivity (Wildman–Crippen MR) is 60.8 cm³/mol. The van der Waals surface area contributed by atoms with Crippen LogP contribution in [0, 0.1) is 11.3 Å². The topological polar surface area (TPSA) is 39.9 Å². The molecule has 0 bridgehead atoms. The molecule has 0 fully saturated rings. The quantitative estimate of drug-likeness (QED) is 0.703.